The standard InChI is InChI=1S/C52H35NO/c1-3-12-36(13-4-1)38-24-30-42(31-25-38)53(43-32-26-39(27-33-43)37-14-5-2-6-15-37)44-34-28-40(29-35-44)45-19-9-16-41-17-10-20-47(51(41)45)49-22-11-21-48-46-18-7-8-23-50(46)54-52(48)49/h1-35H. The highest BCUT2D eigenvalue weighted by Gasteiger charge is 2.18. The van der Waals surface area contributed by atoms with Crippen LogP contribution >= 0.6 is 0 Å². The Bertz CT molecular complexity index is 2800. The van der Waals surface area contributed by atoms with Crippen molar-refractivity contribution in [2.75, 3.05) is 4.90 Å². The molecule has 0 aliphatic rings. The van der Waals surface area contributed by atoms with Crippen molar-refractivity contribution in [1.82, 2.24) is 0 Å². The smallest absolute Gasteiger partial charge is 0.143 e. The first-order valence-corrected chi connectivity index (χ1v) is 18.4. The highest BCUT2D eigenvalue weighted by atomic mass is 16.3. The summed E-state index contributed by atoms with van der Waals surface area (Å²) in [7, 11) is 0. The first-order valence-electron chi connectivity index (χ1n) is 18.4. The summed E-state index contributed by atoms with van der Waals surface area (Å²) in [5.74, 6) is 0. The number of anilines is 3. The topological polar surface area (TPSA) is 16.4 Å². The average Bonchev–Trinajstić information content (AvgIpc) is 3.64. The minimum absolute atomic E-state index is 0.907. The molecule has 0 fully saturated rings. The number of fused-ring (bicyclic) bond motifs is 4. The predicted molar refractivity (Wildman–Crippen MR) is 228 cm³/mol. The molecule has 10 aromatic rings. The van der Waals surface area contributed by atoms with Crippen LogP contribution in [0.25, 0.3) is 77.2 Å². The van der Waals surface area contributed by atoms with Crippen LogP contribution in [0.3, 0.4) is 0 Å². The van der Waals surface area contributed by atoms with Gasteiger partial charge in [-0.1, -0.05) is 170 Å². The maximum Gasteiger partial charge on any atom is 0.143 e. The molecule has 0 aliphatic heterocycles. The maximum absolute atomic E-state index is 6.52. The van der Waals surface area contributed by atoms with E-state index in [0.717, 1.165) is 55.7 Å². The Morgan fingerprint density at radius 1 is 0.296 bits per heavy atom. The second kappa shape index (κ2) is 13.4. The van der Waals surface area contributed by atoms with Gasteiger partial charge in [-0.05, 0) is 92.2 Å². The van der Waals surface area contributed by atoms with Gasteiger partial charge in [0.2, 0.25) is 0 Å². The fourth-order valence-corrected chi connectivity index (χ4v) is 7.87. The molecule has 0 saturated heterocycles. The first-order chi connectivity index (χ1) is 26.8. The van der Waals surface area contributed by atoms with Gasteiger partial charge in [0, 0.05) is 33.4 Å². The van der Waals surface area contributed by atoms with E-state index in [1.165, 1.54) is 38.6 Å². The van der Waals surface area contributed by atoms with Crippen molar-refractivity contribution >= 4 is 49.8 Å². The van der Waals surface area contributed by atoms with E-state index in [4.69, 9.17) is 4.42 Å². The molecule has 0 spiro atoms. The van der Waals surface area contributed by atoms with Crippen LogP contribution in [0.5, 0.6) is 0 Å². The second-order valence-corrected chi connectivity index (χ2v) is 13.7. The zero-order valence-corrected chi connectivity index (χ0v) is 29.6. The van der Waals surface area contributed by atoms with E-state index in [-0.39, 0.29) is 0 Å². The van der Waals surface area contributed by atoms with E-state index in [1.54, 1.807) is 0 Å². The van der Waals surface area contributed by atoms with Crippen molar-refractivity contribution in [1.29, 1.82) is 0 Å². The molecule has 1 aromatic heterocycles. The molecule has 54 heavy (non-hydrogen) atoms. The Morgan fingerprint density at radius 2 is 0.741 bits per heavy atom. The third-order valence-electron chi connectivity index (χ3n) is 10.5. The monoisotopic (exact) mass is 689 g/mol. The number of hydrogen-bond donors (Lipinski definition) is 0. The summed E-state index contributed by atoms with van der Waals surface area (Å²) >= 11 is 0. The molecular weight excluding hydrogens is 655 g/mol. The van der Waals surface area contributed by atoms with E-state index in [9.17, 15) is 0 Å². The van der Waals surface area contributed by atoms with Gasteiger partial charge < -0.3 is 9.32 Å². The number of hydrogen-bond acceptors (Lipinski definition) is 2. The number of nitrogens with zero attached hydrogens (tertiary/aromatic N) is 1. The fourth-order valence-electron chi connectivity index (χ4n) is 7.87. The molecule has 0 N–H and O–H groups in total. The molecule has 0 saturated carbocycles. The molecule has 2 heteroatoms. The lowest BCUT2D eigenvalue weighted by atomic mass is 9.90. The van der Waals surface area contributed by atoms with Crippen LogP contribution in [0.1, 0.15) is 0 Å². The Kier molecular flexibility index (Phi) is 7.85. The zero-order valence-electron chi connectivity index (χ0n) is 29.6. The predicted octanol–water partition coefficient (Wildman–Crippen LogP) is 14.9. The first kappa shape index (κ1) is 31.6. The van der Waals surface area contributed by atoms with Crippen LogP contribution in [0.15, 0.2) is 217 Å². The van der Waals surface area contributed by atoms with Gasteiger partial charge in [-0.3, -0.25) is 0 Å². The molecule has 0 radical (unpaired) electrons. The van der Waals surface area contributed by atoms with Crippen molar-refractivity contribution in [3.8, 4) is 44.5 Å². The van der Waals surface area contributed by atoms with Crippen LogP contribution in [0.2, 0.25) is 0 Å². The summed E-state index contributed by atoms with van der Waals surface area (Å²) < 4.78 is 6.52. The third-order valence-corrected chi connectivity index (χ3v) is 10.5. The van der Waals surface area contributed by atoms with Crippen LogP contribution in [-0.4, -0.2) is 0 Å². The van der Waals surface area contributed by atoms with Gasteiger partial charge in [-0.15, -0.1) is 0 Å². The van der Waals surface area contributed by atoms with E-state index in [0.29, 0.717) is 0 Å². The highest BCUT2D eigenvalue weighted by molar-refractivity contribution is 6.14. The lowest BCUT2D eigenvalue weighted by molar-refractivity contribution is 0.670. The maximum atomic E-state index is 6.52. The lowest BCUT2D eigenvalue weighted by Gasteiger charge is -2.26. The Morgan fingerprint density at radius 3 is 1.33 bits per heavy atom. The molecule has 0 bridgehead atoms. The van der Waals surface area contributed by atoms with Crippen LogP contribution in [-0.2, 0) is 0 Å². The Balaban J connectivity index is 1.07. The van der Waals surface area contributed by atoms with E-state index in [2.05, 4.69) is 205 Å². The van der Waals surface area contributed by atoms with Gasteiger partial charge in [0.05, 0.1) is 0 Å². The SMILES string of the molecule is c1ccc(-c2ccc(N(c3ccc(-c4ccccc4)cc3)c3ccc(-c4cccc5cccc(-c6cccc7c6oc6ccccc67)c45)cc3)cc2)cc1. The molecule has 1 heterocycles. The van der Waals surface area contributed by atoms with Crippen molar-refractivity contribution in [2.45, 2.75) is 0 Å². The van der Waals surface area contributed by atoms with Gasteiger partial charge in [0.15, 0.2) is 0 Å². The van der Waals surface area contributed by atoms with Gasteiger partial charge >= 0.3 is 0 Å². The van der Waals surface area contributed by atoms with E-state index in [1.807, 2.05) is 12.1 Å². The molecule has 0 unspecified atom stereocenters. The summed E-state index contributed by atoms with van der Waals surface area (Å²) in [4.78, 5) is 2.34. The normalized spacial score (nSPS) is 11.3. The Labute approximate surface area is 314 Å². The van der Waals surface area contributed by atoms with Gasteiger partial charge in [-0.2, -0.15) is 0 Å². The van der Waals surface area contributed by atoms with Crippen molar-refractivity contribution in [3.05, 3.63) is 212 Å². The molecule has 0 atom stereocenters. The molecule has 9 aromatic carbocycles. The number of rotatable bonds is 7. The van der Waals surface area contributed by atoms with E-state index < -0.39 is 0 Å². The number of furan rings is 1. The van der Waals surface area contributed by atoms with Gasteiger partial charge in [-0.25, -0.2) is 0 Å². The van der Waals surface area contributed by atoms with Crippen LogP contribution in [0, 0.1) is 0 Å². The molecular formula is C52H35NO. The summed E-state index contributed by atoms with van der Waals surface area (Å²) in [5, 5.41) is 4.68. The summed E-state index contributed by atoms with van der Waals surface area (Å²) in [6.45, 7) is 0. The van der Waals surface area contributed by atoms with E-state index >= 15 is 0 Å². The molecule has 254 valence electrons. The van der Waals surface area contributed by atoms with Crippen LogP contribution in [0.4, 0.5) is 17.1 Å². The van der Waals surface area contributed by atoms with Gasteiger partial charge in [0.1, 0.15) is 11.2 Å². The minimum atomic E-state index is 0.907. The van der Waals surface area contributed by atoms with Crippen molar-refractivity contribution < 1.29 is 4.42 Å². The van der Waals surface area contributed by atoms with Gasteiger partial charge in [0.25, 0.3) is 0 Å². The highest BCUT2D eigenvalue weighted by Crippen LogP contribution is 2.43. The second-order valence-electron chi connectivity index (χ2n) is 13.7. The largest absolute Gasteiger partial charge is 0.455 e. The van der Waals surface area contributed by atoms with Crippen molar-refractivity contribution in [3.63, 3.8) is 0 Å². The minimum Gasteiger partial charge on any atom is -0.455 e. The molecule has 0 aliphatic carbocycles. The quantitative estimate of drug-likeness (QED) is 0.166. The fraction of sp³-hybridized carbons (Fsp3) is 0. The Hall–Kier alpha value is -7.16. The van der Waals surface area contributed by atoms with Crippen LogP contribution < -0.4 is 4.90 Å². The summed E-state index contributed by atoms with van der Waals surface area (Å²) in [5.41, 5.74) is 14.5. The lowest BCUT2D eigenvalue weighted by Crippen LogP contribution is -2.09. The molecule has 2 nitrogen and oxygen atoms in total. The number of para-hydroxylation sites is 2. The molecule has 0 amide bonds. The summed E-state index contributed by atoms with van der Waals surface area (Å²) in [6, 6.07) is 75.8. The zero-order chi connectivity index (χ0) is 35.8. The molecule has 10 rings (SSSR count). The number of benzene rings is 9. The third kappa shape index (κ3) is 5.62. The average molecular weight is 690 g/mol. The summed E-state index contributed by atoms with van der Waals surface area (Å²) in [6.07, 6.45) is 0. The van der Waals surface area contributed by atoms with Crippen molar-refractivity contribution in [2.24, 2.45) is 0 Å².